The van der Waals surface area contributed by atoms with Crippen LogP contribution in [0.25, 0.3) is 0 Å². The predicted octanol–water partition coefficient (Wildman–Crippen LogP) is 2.16. The number of benzene rings is 2. The van der Waals surface area contributed by atoms with Crippen LogP contribution in [0.2, 0.25) is 0 Å². The van der Waals surface area contributed by atoms with Crippen LogP contribution in [0, 0.1) is 0 Å². The summed E-state index contributed by atoms with van der Waals surface area (Å²) in [5.41, 5.74) is 1.43. The van der Waals surface area contributed by atoms with Gasteiger partial charge in [-0.15, -0.1) is 0 Å². The maximum atomic E-state index is 12.1. The van der Waals surface area contributed by atoms with E-state index in [1.807, 2.05) is 36.4 Å². The van der Waals surface area contributed by atoms with Crippen molar-refractivity contribution < 1.29 is 28.8 Å². The predicted molar refractivity (Wildman–Crippen MR) is 93.4 cm³/mol. The van der Waals surface area contributed by atoms with Crippen LogP contribution >= 0.6 is 0 Å². The number of aliphatic hydroxyl groups excluding tert-OH is 1. The number of ether oxygens (including phenoxy) is 4. The fourth-order valence-corrected chi connectivity index (χ4v) is 2.82. The third kappa shape index (κ3) is 4.47. The molecule has 1 aliphatic rings. The third-order valence-corrected chi connectivity index (χ3v) is 4.20. The van der Waals surface area contributed by atoms with Crippen molar-refractivity contribution in [3.8, 4) is 0 Å². The topological polar surface area (TPSA) is 74.2 Å². The molecule has 138 valence electrons. The molecule has 1 N–H and O–H groups in total. The van der Waals surface area contributed by atoms with Crippen LogP contribution in [0.5, 0.6) is 0 Å². The molecule has 0 aromatic heterocycles. The van der Waals surface area contributed by atoms with Crippen LogP contribution in [0.3, 0.4) is 0 Å². The standard InChI is InChI=1S/C20H22O6/c1-23-20-17(21)18(24-12-14-8-4-2-5-9-14)16(26-20)13-25-19(22)15-10-6-3-7-11-15/h2-11,16-18,20-21H,12-13H2,1H3. The summed E-state index contributed by atoms with van der Waals surface area (Å²) < 4.78 is 21.9. The van der Waals surface area contributed by atoms with Crippen molar-refractivity contribution in [3.05, 3.63) is 71.8 Å². The lowest BCUT2D eigenvalue weighted by Gasteiger charge is -2.20. The lowest BCUT2D eigenvalue weighted by atomic mass is 10.1. The number of carbonyl (C=O) groups is 1. The molecular formula is C20H22O6. The molecule has 1 aliphatic heterocycles. The van der Waals surface area contributed by atoms with Crippen molar-refractivity contribution in [1.29, 1.82) is 0 Å². The quantitative estimate of drug-likeness (QED) is 0.765. The molecule has 2 aromatic rings. The van der Waals surface area contributed by atoms with E-state index in [4.69, 9.17) is 18.9 Å². The van der Waals surface area contributed by atoms with E-state index in [2.05, 4.69) is 0 Å². The first kappa shape index (κ1) is 18.5. The number of hydrogen-bond donors (Lipinski definition) is 1. The molecule has 4 atom stereocenters. The SMILES string of the molecule is COC1OC(COC(=O)c2ccccc2)C(OCc2ccccc2)C1O. The van der Waals surface area contributed by atoms with E-state index in [0.29, 0.717) is 12.2 Å². The molecule has 1 fully saturated rings. The Balaban J connectivity index is 1.60. The number of aliphatic hydroxyl groups is 1. The Kier molecular flexibility index (Phi) is 6.35. The number of methoxy groups -OCH3 is 1. The molecule has 3 rings (SSSR count). The van der Waals surface area contributed by atoms with Gasteiger partial charge in [0, 0.05) is 7.11 Å². The fourth-order valence-electron chi connectivity index (χ4n) is 2.82. The van der Waals surface area contributed by atoms with Crippen LogP contribution in [0.4, 0.5) is 0 Å². The number of carbonyl (C=O) groups excluding carboxylic acids is 1. The van der Waals surface area contributed by atoms with Gasteiger partial charge >= 0.3 is 5.97 Å². The Morgan fingerprint density at radius 1 is 1.08 bits per heavy atom. The van der Waals surface area contributed by atoms with Crippen LogP contribution in [-0.2, 0) is 25.6 Å². The summed E-state index contributed by atoms with van der Waals surface area (Å²) in [5, 5.41) is 10.4. The lowest BCUT2D eigenvalue weighted by molar-refractivity contribution is -0.153. The first-order chi connectivity index (χ1) is 12.7. The third-order valence-electron chi connectivity index (χ3n) is 4.20. The molecule has 6 heteroatoms. The minimum Gasteiger partial charge on any atom is -0.459 e. The van der Waals surface area contributed by atoms with E-state index in [1.165, 1.54) is 7.11 Å². The van der Waals surface area contributed by atoms with Crippen LogP contribution in [0.15, 0.2) is 60.7 Å². The minimum atomic E-state index is -0.968. The fraction of sp³-hybridized carbons (Fsp3) is 0.350. The zero-order chi connectivity index (χ0) is 18.4. The molecule has 4 unspecified atom stereocenters. The average molecular weight is 358 g/mol. The molecule has 2 aromatic carbocycles. The Hall–Kier alpha value is -2.25. The molecule has 26 heavy (non-hydrogen) atoms. The van der Waals surface area contributed by atoms with Gasteiger partial charge in [0.15, 0.2) is 6.29 Å². The minimum absolute atomic E-state index is 0.0376. The highest BCUT2D eigenvalue weighted by Gasteiger charge is 2.45. The van der Waals surface area contributed by atoms with Gasteiger partial charge in [0.05, 0.1) is 12.2 Å². The largest absolute Gasteiger partial charge is 0.459 e. The van der Waals surface area contributed by atoms with Gasteiger partial charge in [-0.2, -0.15) is 0 Å². The molecule has 0 bridgehead atoms. The van der Waals surface area contributed by atoms with E-state index >= 15 is 0 Å². The van der Waals surface area contributed by atoms with Crippen molar-refractivity contribution in [2.75, 3.05) is 13.7 Å². The Labute approximate surface area is 152 Å². The smallest absolute Gasteiger partial charge is 0.338 e. The zero-order valence-electron chi connectivity index (χ0n) is 14.5. The highest BCUT2D eigenvalue weighted by atomic mass is 16.7. The summed E-state index contributed by atoms with van der Waals surface area (Å²) in [7, 11) is 1.44. The van der Waals surface area contributed by atoms with Gasteiger partial charge < -0.3 is 24.1 Å². The summed E-state index contributed by atoms with van der Waals surface area (Å²) in [6.07, 6.45) is -3.07. The van der Waals surface area contributed by atoms with Gasteiger partial charge in [0.25, 0.3) is 0 Å². The van der Waals surface area contributed by atoms with Crippen molar-refractivity contribution in [1.82, 2.24) is 0 Å². The van der Waals surface area contributed by atoms with Gasteiger partial charge in [-0.25, -0.2) is 4.79 Å². The van der Waals surface area contributed by atoms with Crippen molar-refractivity contribution in [2.45, 2.75) is 31.2 Å². The summed E-state index contributed by atoms with van der Waals surface area (Å²) in [5.74, 6) is -0.452. The molecule has 0 radical (unpaired) electrons. The normalized spacial score (nSPS) is 25.2. The van der Waals surface area contributed by atoms with Gasteiger partial charge in [-0.05, 0) is 17.7 Å². The maximum Gasteiger partial charge on any atom is 0.338 e. The Bertz CT molecular complexity index is 690. The summed E-state index contributed by atoms with van der Waals surface area (Å²) in [4.78, 5) is 12.1. The molecule has 1 saturated heterocycles. The van der Waals surface area contributed by atoms with E-state index in [1.54, 1.807) is 24.3 Å². The maximum absolute atomic E-state index is 12.1. The van der Waals surface area contributed by atoms with E-state index in [-0.39, 0.29) is 6.61 Å². The summed E-state index contributed by atoms with van der Waals surface area (Å²) >= 11 is 0. The van der Waals surface area contributed by atoms with E-state index < -0.39 is 30.6 Å². The van der Waals surface area contributed by atoms with E-state index in [0.717, 1.165) is 5.56 Å². The number of rotatable bonds is 7. The van der Waals surface area contributed by atoms with Gasteiger partial charge in [-0.1, -0.05) is 48.5 Å². The highest BCUT2D eigenvalue weighted by Crippen LogP contribution is 2.26. The lowest BCUT2D eigenvalue weighted by Crippen LogP contribution is -2.37. The van der Waals surface area contributed by atoms with Gasteiger partial charge in [0.2, 0.25) is 0 Å². The van der Waals surface area contributed by atoms with Crippen molar-refractivity contribution >= 4 is 5.97 Å². The second-order valence-electron chi connectivity index (χ2n) is 5.99. The second kappa shape index (κ2) is 8.91. The zero-order valence-corrected chi connectivity index (χ0v) is 14.5. The molecule has 0 saturated carbocycles. The Morgan fingerprint density at radius 3 is 2.38 bits per heavy atom. The molecule has 6 nitrogen and oxygen atoms in total. The van der Waals surface area contributed by atoms with Crippen molar-refractivity contribution in [2.24, 2.45) is 0 Å². The van der Waals surface area contributed by atoms with Crippen LogP contribution < -0.4 is 0 Å². The molecule has 0 aliphatic carbocycles. The van der Waals surface area contributed by atoms with Gasteiger partial charge in [-0.3, -0.25) is 0 Å². The summed E-state index contributed by atoms with van der Waals surface area (Å²) in [6, 6.07) is 18.3. The molecule has 1 heterocycles. The van der Waals surface area contributed by atoms with E-state index in [9.17, 15) is 9.90 Å². The summed E-state index contributed by atoms with van der Waals surface area (Å²) in [6.45, 7) is 0.273. The highest BCUT2D eigenvalue weighted by molar-refractivity contribution is 5.89. The Morgan fingerprint density at radius 2 is 1.73 bits per heavy atom. The first-order valence-electron chi connectivity index (χ1n) is 8.43. The number of esters is 1. The van der Waals surface area contributed by atoms with Crippen LogP contribution in [0.1, 0.15) is 15.9 Å². The second-order valence-corrected chi connectivity index (χ2v) is 5.99. The first-order valence-corrected chi connectivity index (χ1v) is 8.43. The van der Waals surface area contributed by atoms with Crippen LogP contribution in [-0.4, -0.2) is 49.4 Å². The van der Waals surface area contributed by atoms with Gasteiger partial charge in [0.1, 0.15) is 24.9 Å². The van der Waals surface area contributed by atoms with Crippen molar-refractivity contribution in [3.63, 3.8) is 0 Å². The molecule has 0 spiro atoms. The monoisotopic (exact) mass is 358 g/mol. The number of hydrogen-bond acceptors (Lipinski definition) is 6. The molecular weight excluding hydrogens is 336 g/mol. The average Bonchev–Trinajstić information content (AvgIpc) is 3.00. The molecule has 0 amide bonds.